The van der Waals surface area contributed by atoms with Gasteiger partial charge in [-0.1, -0.05) is 79.0 Å². The lowest BCUT2D eigenvalue weighted by Crippen LogP contribution is -2.12. The summed E-state index contributed by atoms with van der Waals surface area (Å²) in [5.74, 6) is 0.492. The standard InChI is InChI=1S/C17H17Si/c1-18(2)16-12-14-10-6-7-11-15(14)17(16)13-8-4-3-5-9-13/h3-12,17H,1-2H3. The predicted octanol–water partition coefficient (Wildman–Crippen LogP) is 4.51. The van der Waals surface area contributed by atoms with Crippen LogP contribution in [0.2, 0.25) is 13.1 Å². The molecule has 89 valence electrons. The minimum Gasteiger partial charge on any atom is -0.0709 e. The Hall–Kier alpha value is -1.60. The van der Waals surface area contributed by atoms with Crippen LogP contribution in [-0.2, 0) is 0 Å². The SMILES string of the molecule is C[Si](C)C1=Cc2ccccc2C1c1ccccc1. The molecular formula is C17H17Si. The van der Waals surface area contributed by atoms with Crippen molar-refractivity contribution in [3.8, 4) is 0 Å². The van der Waals surface area contributed by atoms with Crippen molar-refractivity contribution in [1.29, 1.82) is 0 Å². The summed E-state index contributed by atoms with van der Waals surface area (Å²) in [7, 11) is -0.413. The maximum Gasteiger partial charge on any atom is 0.0750 e. The molecule has 0 saturated carbocycles. The van der Waals surface area contributed by atoms with Gasteiger partial charge in [-0.05, 0) is 16.7 Å². The monoisotopic (exact) mass is 249 g/mol. The maximum absolute atomic E-state index is 2.42. The maximum atomic E-state index is 2.42. The van der Waals surface area contributed by atoms with Crippen molar-refractivity contribution in [1.82, 2.24) is 0 Å². The number of hydrogen-bond donors (Lipinski definition) is 0. The van der Waals surface area contributed by atoms with E-state index in [4.69, 9.17) is 0 Å². The van der Waals surface area contributed by atoms with Crippen molar-refractivity contribution in [3.63, 3.8) is 0 Å². The third kappa shape index (κ3) is 1.85. The largest absolute Gasteiger partial charge is 0.0750 e. The minimum absolute atomic E-state index is 0.413. The van der Waals surface area contributed by atoms with Gasteiger partial charge < -0.3 is 0 Å². The molecule has 1 unspecified atom stereocenters. The summed E-state index contributed by atoms with van der Waals surface area (Å²) in [5, 5.41) is 1.63. The topological polar surface area (TPSA) is 0 Å². The van der Waals surface area contributed by atoms with E-state index in [1.165, 1.54) is 16.7 Å². The van der Waals surface area contributed by atoms with E-state index in [9.17, 15) is 0 Å². The van der Waals surface area contributed by atoms with Gasteiger partial charge in [-0.25, -0.2) is 0 Å². The number of rotatable bonds is 2. The van der Waals surface area contributed by atoms with Crippen LogP contribution in [0.5, 0.6) is 0 Å². The molecule has 1 aliphatic carbocycles. The molecule has 1 heteroatoms. The number of benzene rings is 2. The molecule has 1 radical (unpaired) electrons. The molecule has 0 heterocycles. The number of allylic oxidation sites excluding steroid dienone is 1. The first-order valence-corrected chi connectivity index (χ1v) is 8.93. The van der Waals surface area contributed by atoms with Crippen LogP contribution in [-0.4, -0.2) is 8.80 Å². The van der Waals surface area contributed by atoms with Gasteiger partial charge in [0, 0.05) is 5.92 Å². The van der Waals surface area contributed by atoms with Crippen LogP contribution in [0.1, 0.15) is 22.6 Å². The van der Waals surface area contributed by atoms with E-state index in [0.29, 0.717) is 5.92 Å². The Balaban J connectivity index is 2.14. The highest BCUT2D eigenvalue weighted by molar-refractivity contribution is 6.65. The Bertz CT molecular complexity index is 582. The molecular weight excluding hydrogens is 232 g/mol. The molecule has 0 aliphatic heterocycles. The summed E-state index contributed by atoms with van der Waals surface area (Å²) in [6.07, 6.45) is 2.42. The third-order valence-corrected chi connectivity index (χ3v) is 5.23. The Kier molecular flexibility index (Phi) is 2.92. The van der Waals surface area contributed by atoms with E-state index in [0.717, 1.165) is 0 Å². The Morgan fingerprint density at radius 1 is 0.833 bits per heavy atom. The lowest BCUT2D eigenvalue weighted by Gasteiger charge is -2.19. The summed E-state index contributed by atoms with van der Waals surface area (Å²) in [4.78, 5) is 0. The quantitative estimate of drug-likeness (QED) is 0.687. The molecule has 0 nitrogen and oxygen atoms in total. The van der Waals surface area contributed by atoms with Gasteiger partial charge in [-0.15, -0.1) is 0 Å². The average molecular weight is 249 g/mol. The van der Waals surface area contributed by atoms with E-state index in [1.807, 2.05) is 0 Å². The summed E-state index contributed by atoms with van der Waals surface area (Å²) in [6.45, 7) is 4.77. The van der Waals surface area contributed by atoms with Gasteiger partial charge >= 0.3 is 0 Å². The molecule has 0 bridgehead atoms. The first-order valence-electron chi connectivity index (χ1n) is 6.43. The second-order valence-corrected chi connectivity index (χ2v) is 7.65. The highest BCUT2D eigenvalue weighted by Gasteiger charge is 2.28. The molecule has 0 spiro atoms. The predicted molar refractivity (Wildman–Crippen MR) is 80.2 cm³/mol. The average Bonchev–Trinajstić information content (AvgIpc) is 2.79. The van der Waals surface area contributed by atoms with Gasteiger partial charge in [-0.2, -0.15) is 0 Å². The van der Waals surface area contributed by atoms with Crippen LogP contribution in [0, 0.1) is 0 Å². The van der Waals surface area contributed by atoms with Crippen molar-refractivity contribution in [2.24, 2.45) is 0 Å². The molecule has 0 N–H and O–H groups in total. The van der Waals surface area contributed by atoms with Gasteiger partial charge in [-0.3, -0.25) is 0 Å². The lowest BCUT2D eigenvalue weighted by atomic mass is 9.93. The zero-order valence-corrected chi connectivity index (χ0v) is 11.9. The highest BCUT2D eigenvalue weighted by Crippen LogP contribution is 2.41. The molecule has 0 saturated heterocycles. The van der Waals surface area contributed by atoms with Gasteiger partial charge in [0.2, 0.25) is 0 Å². The van der Waals surface area contributed by atoms with Gasteiger partial charge in [0.05, 0.1) is 8.80 Å². The molecule has 1 aliphatic rings. The molecule has 2 aromatic carbocycles. The number of fused-ring (bicyclic) bond motifs is 1. The van der Waals surface area contributed by atoms with Crippen LogP contribution in [0.15, 0.2) is 59.8 Å². The number of hydrogen-bond acceptors (Lipinski definition) is 0. The molecule has 18 heavy (non-hydrogen) atoms. The summed E-state index contributed by atoms with van der Waals surface area (Å²) < 4.78 is 0. The van der Waals surface area contributed by atoms with Crippen molar-refractivity contribution < 1.29 is 0 Å². The van der Waals surface area contributed by atoms with Gasteiger partial charge in [0.1, 0.15) is 0 Å². The molecule has 0 aromatic heterocycles. The van der Waals surface area contributed by atoms with Gasteiger partial charge in [0.25, 0.3) is 0 Å². The third-order valence-electron chi connectivity index (χ3n) is 3.64. The zero-order valence-electron chi connectivity index (χ0n) is 10.9. The summed E-state index contributed by atoms with van der Waals surface area (Å²) in [6, 6.07) is 19.7. The fraction of sp³-hybridized carbons (Fsp3) is 0.176. The zero-order chi connectivity index (χ0) is 12.5. The fourth-order valence-electron chi connectivity index (χ4n) is 2.76. The summed E-state index contributed by atoms with van der Waals surface area (Å²) >= 11 is 0. The smallest absolute Gasteiger partial charge is 0.0709 e. The Morgan fingerprint density at radius 2 is 1.50 bits per heavy atom. The first-order chi connectivity index (χ1) is 8.77. The molecule has 3 rings (SSSR count). The van der Waals surface area contributed by atoms with E-state index in [2.05, 4.69) is 73.8 Å². The minimum atomic E-state index is -0.413. The van der Waals surface area contributed by atoms with E-state index in [1.54, 1.807) is 5.20 Å². The van der Waals surface area contributed by atoms with Crippen LogP contribution >= 0.6 is 0 Å². The Morgan fingerprint density at radius 3 is 2.22 bits per heavy atom. The van der Waals surface area contributed by atoms with Crippen LogP contribution in [0.3, 0.4) is 0 Å². The van der Waals surface area contributed by atoms with E-state index >= 15 is 0 Å². The van der Waals surface area contributed by atoms with Crippen LogP contribution in [0.25, 0.3) is 6.08 Å². The van der Waals surface area contributed by atoms with Crippen molar-refractivity contribution in [3.05, 3.63) is 76.5 Å². The van der Waals surface area contributed by atoms with E-state index < -0.39 is 8.80 Å². The fourth-order valence-corrected chi connectivity index (χ4v) is 4.10. The highest BCUT2D eigenvalue weighted by atomic mass is 28.3. The van der Waals surface area contributed by atoms with Crippen molar-refractivity contribution in [2.45, 2.75) is 19.0 Å². The normalized spacial score (nSPS) is 17.7. The van der Waals surface area contributed by atoms with E-state index in [-0.39, 0.29) is 0 Å². The van der Waals surface area contributed by atoms with Gasteiger partial charge in [0.15, 0.2) is 0 Å². The first kappa shape index (κ1) is 11.5. The molecule has 0 amide bonds. The Labute approximate surface area is 111 Å². The second kappa shape index (κ2) is 4.58. The van der Waals surface area contributed by atoms with Crippen molar-refractivity contribution in [2.75, 3.05) is 0 Å². The summed E-state index contributed by atoms with van der Waals surface area (Å²) in [5.41, 5.74) is 4.32. The lowest BCUT2D eigenvalue weighted by molar-refractivity contribution is 1.02. The molecule has 1 atom stereocenters. The van der Waals surface area contributed by atoms with Crippen molar-refractivity contribution >= 4 is 14.9 Å². The van der Waals surface area contributed by atoms with Crippen LogP contribution in [0.4, 0.5) is 0 Å². The molecule has 2 aromatic rings. The second-order valence-electron chi connectivity index (χ2n) is 5.07. The molecule has 0 fully saturated rings. The van der Waals surface area contributed by atoms with Crippen LogP contribution < -0.4 is 0 Å².